The van der Waals surface area contributed by atoms with E-state index in [1.165, 1.54) is 24.9 Å². The van der Waals surface area contributed by atoms with Gasteiger partial charge in [-0.1, -0.05) is 11.8 Å². The topological polar surface area (TPSA) is 67.8 Å². The van der Waals surface area contributed by atoms with E-state index in [2.05, 4.69) is 9.71 Å². The Morgan fingerprint density at radius 3 is 2.81 bits per heavy atom. The molecule has 1 N–H and O–H groups in total. The minimum absolute atomic E-state index is 0.143. The normalized spacial score (nSPS) is 17.0. The molecule has 1 aromatic rings. The lowest BCUT2D eigenvalue weighted by atomic mass is 10.3. The van der Waals surface area contributed by atoms with Crippen molar-refractivity contribution in [3.05, 3.63) is 18.2 Å². The smallest absolute Gasteiger partial charge is 0.286 e. The molecule has 0 unspecified atom stereocenters. The van der Waals surface area contributed by atoms with Crippen molar-refractivity contribution in [2.75, 3.05) is 18.7 Å². The van der Waals surface area contributed by atoms with Crippen LogP contribution < -0.4 is 10.1 Å². The molecule has 0 aliphatic carbocycles. The van der Waals surface area contributed by atoms with Crippen LogP contribution in [0, 0.1) is 0 Å². The highest BCUT2D eigenvalue weighted by Crippen LogP contribution is 2.31. The summed E-state index contributed by atoms with van der Waals surface area (Å²) in [7, 11) is -2.12. The Kier molecular flexibility index (Phi) is 2.81. The van der Waals surface area contributed by atoms with Crippen molar-refractivity contribution in [1.29, 1.82) is 0 Å². The van der Waals surface area contributed by atoms with Crippen LogP contribution in [0.5, 0.6) is 5.75 Å². The van der Waals surface area contributed by atoms with E-state index in [-0.39, 0.29) is 4.90 Å². The molecule has 5 nitrogen and oxygen atoms in total. The minimum atomic E-state index is -3.61. The molecule has 0 spiro atoms. The average molecular weight is 258 g/mol. The lowest BCUT2D eigenvalue weighted by Crippen LogP contribution is -2.18. The van der Waals surface area contributed by atoms with Crippen LogP contribution in [0.1, 0.15) is 0 Å². The first-order chi connectivity index (χ1) is 7.56. The van der Waals surface area contributed by atoms with Crippen LogP contribution in [0.25, 0.3) is 0 Å². The van der Waals surface area contributed by atoms with Gasteiger partial charge in [-0.2, -0.15) is 8.42 Å². The third-order valence-electron chi connectivity index (χ3n) is 2.10. The molecule has 16 heavy (non-hydrogen) atoms. The Balaban J connectivity index is 2.59. The van der Waals surface area contributed by atoms with E-state index in [0.717, 1.165) is 0 Å². The van der Waals surface area contributed by atoms with Crippen molar-refractivity contribution >= 4 is 32.6 Å². The van der Waals surface area contributed by atoms with Gasteiger partial charge in [0.2, 0.25) is 0 Å². The Morgan fingerprint density at radius 2 is 2.19 bits per heavy atom. The molecule has 0 fully saturated rings. The number of fused-ring (bicyclic) bond motifs is 1. The van der Waals surface area contributed by atoms with Crippen LogP contribution >= 0.6 is 11.8 Å². The van der Waals surface area contributed by atoms with Crippen LogP contribution in [-0.4, -0.2) is 27.0 Å². The number of ether oxygens (including phenoxy) is 1. The van der Waals surface area contributed by atoms with Crippen molar-refractivity contribution in [3.63, 3.8) is 0 Å². The summed E-state index contributed by atoms with van der Waals surface area (Å²) in [6.07, 6.45) is 1.76. The molecular weight excluding hydrogens is 248 g/mol. The fourth-order valence-corrected chi connectivity index (χ4v) is 3.16. The number of anilines is 1. The number of amidine groups is 1. The molecule has 0 aromatic heterocycles. The summed E-state index contributed by atoms with van der Waals surface area (Å²) in [6, 6.07) is 4.82. The number of methoxy groups -OCH3 is 1. The third-order valence-corrected chi connectivity index (χ3v) is 4.12. The van der Waals surface area contributed by atoms with E-state index in [0.29, 0.717) is 16.6 Å². The second-order valence-corrected chi connectivity index (χ2v) is 5.43. The molecule has 0 saturated carbocycles. The first kappa shape index (κ1) is 11.3. The van der Waals surface area contributed by atoms with Crippen LogP contribution in [0.15, 0.2) is 27.5 Å². The van der Waals surface area contributed by atoms with Gasteiger partial charge in [0, 0.05) is 6.07 Å². The molecule has 0 radical (unpaired) electrons. The number of rotatable bonds is 1. The van der Waals surface area contributed by atoms with Gasteiger partial charge >= 0.3 is 0 Å². The zero-order valence-corrected chi connectivity index (χ0v) is 10.4. The van der Waals surface area contributed by atoms with E-state index in [1.807, 2.05) is 0 Å². The number of thioether (sulfide) groups is 1. The van der Waals surface area contributed by atoms with Crippen molar-refractivity contribution in [2.45, 2.75) is 4.90 Å². The molecule has 1 aromatic carbocycles. The molecule has 1 aliphatic heterocycles. The van der Waals surface area contributed by atoms with Crippen molar-refractivity contribution < 1.29 is 13.2 Å². The summed E-state index contributed by atoms with van der Waals surface area (Å²) in [4.78, 5) is 0.143. The average Bonchev–Trinajstić information content (AvgIpc) is 2.27. The Bertz CT molecular complexity index is 552. The van der Waals surface area contributed by atoms with Gasteiger partial charge in [0.1, 0.15) is 10.6 Å². The molecule has 0 saturated heterocycles. The Morgan fingerprint density at radius 1 is 1.44 bits per heavy atom. The van der Waals surface area contributed by atoms with E-state index in [1.54, 1.807) is 18.4 Å². The van der Waals surface area contributed by atoms with E-state index in [9.17, 15) is 8.42 Å². The highest BCUT2D eigenvalue weighted by atomic mass is 32.2. The van der Waals surface area contributed by atoms with Crippen LogP contribution in [-0.2, 0) is 10.0 Å². The van der Waals surface area contributed by atoms with Gasteiger partial charge in [-0.05, 0) is 18.4 Å². The van der Waals surface area contributed by atoms with Crippen LogP contribution in [0.2, 0.25) is 0 Å². The van der Waals surface area contributed by atoms with Crippen LogP contribution in [0.3, 0.4) is 0 Å². The summed E-state index contributed by atoms with van der Waals surface area (Å²) in [5, 5.41) is 3.30. The fraction of sp³-hybridized carbons (Fsp3) is 0.222. The molecule has 1 aliphatic rings. The van der Waals surface area contributed by atoms with Gasteiger partial charge in [0.15, 0.2) is 5.17 Å². The number of sulfonamides is 1. The van der Waals surface area contributed by atoms with Gasteiger partial charge < -0.3 is 10.1 Å². The monoisotopic (exact) mass is 258 g/mol. The summed E-state index contributed by atoms with van der Waals surface area (Å²) in [6.45, 7) is 0. The Hall–Kier alpha value is -1.21. The van der Waals surface area contributed by atoms with Crippen molar-refractivity contribution in [2.24, 2.45) is 4.40 Å². The zero-order chi connectivity index (χ0) is 11.8. The van der Waals surface area contributed by atoms with Crippen molar-refractivity contribution in [3.8, 4) is 5.75 Å². The van der Waals surface area contributed by atoms with Gasteiger partial charge in [0.05, 0.1) is 12.8 Å². The first-order valence-electron chi connectivity index (χ1n) is 4.41. The highest BCUT2D eigenvalue weighted by Gasteiger charge is 2.24. The van der Waals surface area contributed by atoms with E-state index >= 15 is 0 Å². The lowest BCUT2D eigenvalue weighted by Gasteiger charge is -2.17. The molecule has 0 atom stereocenters. The Labute approximate surface area is 98.0 Å². The molecule has 2 rings (SSSR count). The molecule has 1 heterocycles. The first-order valence-corrected chi connectivity index (χ1v) is 7.07. The summed E-state index contributed by atoms with van der Waals surface area (Å²) in [5.41, 5.74) is 0.528. The fourth-order valence-electron chi connectivity index (χ4n) is 1.33. The summed E-state index contributed by atoms with van der Waals surface area (Å²) < 4.78 is 32.2. The second-order valence-electron chi connectivity index (χ2n) is 3.06. The maximum atomic E-state index is 11.8. The number of benzene rings is 1. The quantitative estimate of drug-likeness (QED) is 0.827. The van der Waals surface area contributed by atoms with Gasteiger partial charge in [0.25, 0.3) is 10.0 Å². The number of hydrogen-bond donors (Lipinski definition) is 1. The minimum Gasteiger partial charge on any atom is -0.497 e. The van der Waals surface area contributed by atoms with Crippen LogP contribution in [0.4, 0.5) is 5.69 Å². The standard InChI is InChI=1S/C9H10N2O3S2/c1-14-6-3-4-7-8(5-6)16(12,13)11-9(10-7)15-2/h3-5H,1-2H3,(H,10,11). The lowest BCUT2D eigenvalue weighted by molar-refractivity contribution is 0.413. The van der Waals surface area contributed by atoms with Gasteiger partial charge in [-0.25, -0.2) is 0 Å². The SMILES string of the molecule is COc1ccc2c(c1)S(=O)(=O)N=C(SC)N2. The molecular formula is C9H10N2O3S2. The molecule has 86 valence electrons. The maximum Gasteiger partial charge on any atom is 0.286 e. The predicted molar refractivity (Wildman–Crippen MR) is 64.8 cm³/mol. The largest absolute Gasteiger partial charge is 0.497 e. The summed E-state index contributed by atoms with van der Waals surface area (Å²) in [5.74, 6) is 0.493. The molecule has 0 bridgehead atoms. The number of nitrogens with one attached hydrogen (secondary N) is 1. The van der Waals surface area contributed by atoms with Gasteiger partial charge in [-0.15, -0.1) is 4.40 Å². The van der Waals surface area contributed by atoms with E-state index in [4.69, 9.17) is 4.74 Å². The van der Waals surface area contributed by atoms with Gasteiger partial charge in [-0.3, -0.25) is 0 Å². The van der Waals surface area contributed by atoms with E-state index < -0.39 is 10.0 Å². The number of nitrogens with zero attached hydrogens (tertiary/aromatic N) is 1. The third kappa shape index (κ3) is 1.88. The molecule has 7 heteroatoms. The maximum absolute atomic E-state index is 11.8. The molecule has 0 amide bonds. The summed E-state index contributed by atoms with van der Waals surface area (Å²) >= 11 is 1.25. The predicted octanol–water partition coefficient (Wildman–Crippen LogP) is 1.53. The zero-order valence-electron chi connectivity index (χ0n) is 8.72. The number of hydrogen-bond acceptors (Lipinski definition) is 5. The second kappa shape index (κ2) is 3.99. The highest BCUT2D eigenvalue weighted by molar-refractivity contribution is 8.14. The van der Waals surface area contributed by atoms with Crippen molar-refractivity contribution in [1.82, 2.24) is 0 Å².